The Labute approximate surface area is 165 Å². The third-order valence-corrected chi connectivity index (χ3v) is 16.0. The van der Waals surface area contributed by atoms with Crippen LogP contribution in [0.25, 0.3) is 0 Å². The molecule has 0 amide bonds. The second-order valence-electron chi connectivity index (χ2n) is 11.3. The SMILES string of the molecule is C[C@H](C1CO1)[C@@H](CCCCO[Si](C)(C)C(C)(C)C)O[Si](C)(C)C(C)(C)C. The number of unbranched alkanes of at least 4 members (excludes halogenated alkanes) is 1. The van der Waals surface area contributed by atoms with Gasteiger partial charge in [-0.2, -0.15) is 0 Å². The van der Waals surface area contributed by atoms with Crippen molar-refractivity contribution in [1.82, 2.24) is 0 Å². The Morgan fingerprint density at radius 2 is 1.42 bits per heavy atom. The monoisotopic (exact) mass is 402 g/mol. The largest absolute Gasteiger partial charge is 0.417 e. The number of hydrogen-bond donors (Lipinski definition) is 0. The van der Waals surface area contributed by atoms with E-state index in [9.17, 15) is 0 Å². The Bertz CT molecular complexity index is 432. The minimum Gasteiger partial charge on any atom is -0.417 e. The fraction of sp³-hybridized carbons (Fsp3) is 1.00. The van der Waals surface area contributed by atoms with Gasteiger partial charge >= 0.3 is 0 Å². The predicted molar refractivity (Wildman–Crippen MR) is 118 cm³/mol. The van der Waals surface area contributed by atoms with E-state index in [0.717, 1.165) is 26.1 Å². The molecule has 5 heteroatoms. The van der Waals surface area contributed by atoms with Crippen LogP contribution in [-0.2, 0) is 13.6 Å². The van der Waals surface area contributed by atoms with Crippen molar-refractivity contribution in [2.75, 3.05) is 13.2 Å². The van der Waals surface area contributed by atoms with Crippen molar-refractivity contribution in [3.63, 3.8) is 0 Å². The molecule has 1 heterocycles. The Morgan fingerprint density at radius 3 is 1.85 bits per heavy atom. The molecule has 0 N–H and O–H groups in total. The molecule has 0 radical (unpaired) electrons. The van der Waals surface area contributed by atoms with Gasteiger partial charge in [0.05, 0.1) is 18.8 Å². The van der Waals surface area contributed by atoms with Crippen molar-refractivity contribution in [1.29, 1.82) is 0 Å². The summed E-state index contributed by atoms with van der Waals surface area (Å²) in [5.41, 5.74) is 0. The van der Waals surface area contributed by atoms with E-state index in [1.165, 1.54) is 6.42 Å². The zero-order chi connectivity index (χ0) is 20.4. The molecular weight excluding hydrogens is 356 g/mol. The van der Waals surface area contributed by atoms with E-state index >= 15 is 0 Å². The topological polar surface area (TPSA) is 31.0 Å². The molecule has 1 unspecified atom stereocenters. The summed E-state index contributed by atoms with van der Waals surface area (Å²) in [6.07, 6.45) is 4.14. The van der Waals surface area contributed by atoms with Crippen molar-refractivity contribution in [2.24, 2.45) is 5.92 Å². The summed E-state index contributed by atoms with van der Waals surface area (Å²) in [5.74, 6) is 0.491. The fourth-order valence-electron chi connectivity index (χ4n) is 2.57. The molecule has 1 fully saturated rings. The van der Waals surface area contributed by atoms with Gasteiger partial charge in [0.2, 0.25) is 0 Å². The van der Waals surface area contributed by atoms with Gasteiger partial charge in [-0.1, -0.05) is 48.5 Å². The molecule has 0 aromatic carbocycles. The van der Waals surface area contributed by atoms with Gasteiger partial charge in [-0.3, -0.25) is 0 Å². The maximum atomic E-state index is 6.79. The highest BCUT2D eigenvalue weighted by Crippen LogP contribution is 2.40. The van der Waals surface area contributed by atoms with Gasteiger partial charge in [0.15, 0.2) is 16.6 Å². The van der Waals surface area contributed by atoms with Gasteiger partial charge in [-0.15, -0.1) is 0 Å². The lowest BCUT2D eigenvalue weighted by Crippen LogP contribution is -2.46. The van der Waals surface area contributed by atoms with Crippen molar-refractivity contribution >= 4 is 16.6 Å². The highest BCUT2D eigenvalue weighted by Gasteiger charge is 2.43. The van der Waals surface area contributed by atoms with Crippen LogP contribution in [0.5, 0.6) is 0 Å². The molecule has 0 aliphatic carbocycles. The molecule has 0 aromatic heterocycles. The summed E-state index contributed by atoms with van der Waals surface area (Å²) in [4.78, 5) is 0. The van der Waals surface area contributed by atoms with Crippen LogP contribution in [0.3, 0.4) is 0 Å². The first-order valence-electron chi connectivity index (χ1n) is 10.5. The van der Waals surface area contributed by atoms with Crippen LogP contribution in [0.1, 0.15) is 67.7 Å². The second-order valence-corrected chi connectivity index (χ2v) is 20.8. The fourth-order valence-corrected chi connectivity index (χ4v) is 5.10. The van der Waals surface area contributed by atoms with E-state index in [2.05, 4.69) is 74.7 Å². The summed E-state index contributed by atoms with van der Waals surface area (Å²) in [5, 5.41) is 0.541. The van der Waals surface area contributed by atoms with Gasteiger partial charge in [-0.05, 0) is 55.5 Å². The molecule has 1 rings (SSSR count). The zero-order valence-electron chi connectivity index (χ0n) is 19.5. The molecule has 0 spiro atoms. The normalized spacial score (nSPS) is 21.6. The first-order chi connectivity index (χ1) is 11.6. The number of epoxide rings is 1. The predicted octanol–water partition coefficient (Wildman–Crippen LogP) is 6.60. The Kier molecular flexibility index (Phi) is 8.21. The Morgan fingerprint density at radius 1 is 0.923 bits per heavy atom. The van der Waals surface area contributed by atoms with Crippen molar-refractivity contribution in [3.8, 4) is 0 Å². The standard InChI is InChI=1S/C21H46O3Si2/c1-17(19-16-22-19)18(24-26(10,11)21(5,6)7)14-12-13-15-23-25(8,9)20(2,3)4/h17-19H,12-16H2,1-11H3/t17-,18+,19?/m0/s1. The van der Waals surface area contributed by atoms with E-state index in [0.29, 0.717) is 23.2 Å². The van der Waals surface area contributed by atoms with Crippen LogP contribution in [0.4, 0.5) is 0 Å². The van der Waals surface area contributed by atoms with E-state index < -0.39 is 16.6 Å². The van der Waals surface area contributed by atoms with Crippen molar-refractivity contribution < 1.29 is 13.6 Å². The minimum atomic E-state index is -1.75. The third kappa shape index (κ3) is 7.04. The molecular formula is C21H46O3Si2. The first kappa shape index (κ1) is 24.4. The molecule has 3 atom stereocenters. The molecule has 156 valence electrons. The molecule has 1 aliphatic heterocycles. The highest BCUT2D eigenvalue weighted by atomic mass is 28.4. The molecule has 3 nitrogen and oxygen atoms in total. The Balaban J connectivity index is 2.52. The van der Waals surface area contributed by atoms with Crippen LogP contribution in [0, 0.1) is 5.92 Å². The van der Waals surface area contributed by atoms with Gasteiger partial charge in [0.25, 0.3) is 0 Å². The molecule has 1 aliphatic rings. The summed E-state index contributed by atoms with van der Waals surface area (Å²) >= 11 is 0. The van der Waals surface area contributed by atoms with Crippen LogP contribution < -0.4 is 0 Å². The number of ether oxygens (including phenoxy) is 1. The van der Waals surface area contributed by atoms with Gasteiger partial charge in [0, 0.05) is 12.5 Å². The maximum absolute atomic E-state index is 6.79. The van der Waals surface area contributed by atoms with Crippen LogP contribution in [0.15, 0.2) is 0 Å². The summed E-state index contributed by atoms with van der Waals surface area (Å²) in [6.45, 7) is 27.4. The van der Waals surface area contributed by atoms with E-state index in [-0.39, 0.29) is 5.04 Å². The van der Waals surface area contributed by atoms with Gasteiger partial charge in [0.1, 0.15) is 0 Å². The summed E-state index contributed by atoms with van der Waals surface area (Å²) < 4.78 is 18.7. The van der Waals surface area contributed by atoms with Crippen LogP contribution >= 0.6 is 0 Å². The van der Waals surface area contributed by atoms with E-state index in [1.54, 1.807) is 0 Å². The summed E-state index contributed by atoms with van der Waals surface area (Å²) in [6, 6.07) is 0. The van der Waals surface area contributed by atoms with Crippen molar-refractivity contribution in [2.45, 2.75) is 116 Å². The first-order valence-corrected chi connectivity index (χ1v) is 16.3. The lowest BCUT2D eigenvalue weighted by atomic mass is 9.97. The lowest BCUT2D eigenvalue weighted by molar-refractivity contribution is 0.0954. The minimum absolute atomic E-state index is 0.251. The molecule has 26 heavy (non-hydrogen) atoms. The summed E-state index contributed by atoms with van der Waals surface area (Å²) in [7, 11) is -3.37. The molecule has 1 saturated heterocycles. The third-order valence-electron chi connectivity index (χ3n) is 6.94. The highest BCUT2D eigenvalue weighted by molar-refractivity contribution is 6.74. The molecule has 0 saturated carbocycles. The zero-order valence-corrected chi connectivity index (χ0v) is 21.5. The second kappa shape index (κ2) is 8.77. The van der Waals surface area contributed by atoms with Gasteiger partial charge < -0.3 is 13.6 Å². The van der Waals surface area contributed by atoms with E-state index in [4.69, 9.17) is 13.6 Å². The van der Waals surface area contributed by atoms with E-state index in [1.807, 2.05) is 0 Å². The van der Waals surface area contributed by atoms with Crippen molar-refractivity contribution in [3.05, 3.63) is 0 Å². The average Bonchev–Trinajstić information content (AvgIpc) is 3.26. The molecule has 0 aromatic rings. The molecule has 0 bridgehead atoms. The maximum Gasteiger partial charge on any atom is 0.192 e. The van der Waals surface area contributed by atoms with Gasteiger partial charge in [-0.25, -0.2) is 0 Å². The smallest absolute Gasteiger partial charge is 0.192 e. The number of rotatable bonds is 10. The quantitative estimate of drug-likeness (QED) is 0.234. The van der Waals surface area contributed by atoms with Crippen LogP contribution in [0.2, 0.25) is 36.3 Å². The van der Waals surface area contributed by atoms with Crippen LogP contribution in [-0.4, -0.2) is 42.1 Å². The Hall–Kier alpha value is 0.314. The number of hydrogen-bond acceptors (Lipinski definition) is 3. The average molecular weight is 403 g/mol. The lowest BCUT2D eigenvalue weighted by Gasteiger charge is -2.41.